The van der Waals surface area contributed by atoms with Crippen molar-refractivity contribution in [3.05, 3.63) is 58.7 Å². The molecule has 132 valence electrons. The van der Waals surface area contributed by atoms with Gasteiger partial charge in [-0.05, 0) is 50.0 Å². The molecule has 3 rings (SSSR count). The van der Waals surface area contributed by atoms with Gasteiger partial charge in [0.05, 0.1) is 5.69 Å². The van der Waals surface area contributed by atoms with E-state index >= 15 is 0 Å². The first-order valence-corrected chi connectivity index (χ1v) is 8.67. The molecule has 0 aliphatic heterocycles. The Bertz CT molecular complexity index is 916. The number of allylic oxidation sites excluding steroid dienone is 2. The Hall–Kier alpha value is -3.02. The number of aryl methyl sites for hydroxylation is 1. The average Bonchev–Trinajstić information content (AvgIpc) is 2.65. The van der Waals surface area contributed by atoms with Gasteiger partial charge < -0.3 is 0 Å². The van der Waals surface area contributed by atoms with E-state index in [0.717, 1.165) is 18.5 Å². The van der Waals surface area contributed by atoms with Gasteiger partial charge in [0, 0.05) is 30.0 Å². The zero-order chi connectivity index (χ0) is 18.5. The topological polar surface area (TPSA) is 85.7 Å². The monoisotopic (exact) mass is 348 g/mol. The van der Waals surface area contributed by atoms with Crippen LogP contribution in [0.15, 0.2) is 35.8 Å². The third-order valence-electron chi connectivity index (χ3n) is 4.24. The Morgan fingerprint density at radius 2 is 1.92 bits per heavy atom. The summed E-state index contributed by atoms with van der Waals surface area (Å²) in [4.78, 5) is 41.0. The Morgan fingerprint density at radius 1 is 1.15 bits per heavy atom. The minimum Gasteiger partial charge on any atom is -0.293 e. The fraction of sp³-hybridized carbons (Fsp3) is 0.300. The molecule has 0 spiro atoms. The normalized spacial score (nSPS) is 17.7. The van der Waals surface area contributed by atoms with Gasteiger partial charge in [-0.15, -0.1) is 0 Å². The van der Waals surface area contributed by atoms with E-state index in [1.54, 1.807) is 24.4 Å². The predicted octanol–water partition coefficient (Wildman–Crippen LogP) is 3.25. The first-order valence-electron chi connectivity index (χ1n) is 8.67. The third-order valence-corrected chi connectivity index (χ3v) is 4.24. The molecule has 0 aromatic carbocycles. The van der Waals surface area contributed by atoms with Crippen molar-refractivity contribution in [2.45, 2.75) is 39.5 Å². The molecule has 2 aromatic rings. The third kappa shape index (κ3) is 4.14. The van der Waals surface area contributed by atoms with Crippen LogP contribution in [0.1, 0.15) is 60.8 Å². The molecule has 0 radical (unpaired) electrons. The maximum absolute atomic E-state index is 12.8. The fourth-order valence-corrected chi connectivity index (χ4v) is 2.84. The molecule has 0 N–H and O–H groups in total. The molecular weight excluding hydrogens is 328 g/mol. The van der Waals surface area contributed by atoms with Crippen molar-refractivity contribution in [1.29, 1.82) is 0 Å². The van der Waals surface area contributed by atoms with Crippen LogP contribution in [0.3, 0.4) is 0 Å². The predicted molar refractivity (Wildman–Crippen MR) is 98.3 cm³/mol. The van der Waals surface area contributed by atoms with Crippen molar-refractivity contribution in [3.63, 3.8) is 0 Å². The largest absolute Gasteiger partial charge is 0.293 e. The minimum absolute atomic E-state index is 0.00950. The van der Waals surface area contributed by atoms with E-state index in [0.29, 0.717) is 41.2 Å². The molecule has 0 unspecified atom stereocenters. The van der Waals surface area contributed by atoms with Gasteiger partial charge in [0.25, 0.3) is 0 Å². The number of ketones is 2. The second kappa shape index (κ2) is 7.91. The van der Waals surface area contributed by atoms with E-state index in [1.807, 2.05) is 13.0 Å². The van der Waals surface area contributed by atoms with Crippen molar-refractivity contribution >= 4 is 23.7 Å². The van der Waals surface area contributed by atoms with Crippen LogP contribution in [0, 0.1) is 0 Å². The summed E-state index contributed by atoms with van der Waals surface area (Å²) >= 11 is 0. The summed E-state index contributed by atoms with van der Waals surface area (Å²) in [6.45, 7) is 3.49. The van der Waals surface area contributed by atoms with E-state index in [9.17, 15) is 9.59 Å². The van der Waals surface area contributed by atoms with Gasteiger partial charge in [0.15, 0.2) is 17.4 Å². The second-order valence-electron chi connectivity index (χ2n) is 6.17. The van der Waals surface area contributed by atoms with Crippen molar-refractivity contribution in [3.8, 4) is 0 Å². The first kappa shape index (κ1) is 17.8. The lowest BCUT2D eigenvalue weighted by atomic mass is 9.88. The van der Waals surface area contributed by atoms with Gasteiger partial charge in [0.1, 0.15) is 12.0 Å². The summed E-state index contributed by atoms with van der Waals surface area (Å²) in [5.41, 5.74) is 3.25. The van der Waals surface area contributed by atoms with Crippen molar-refractivity contribution < 1.29 is 9.59 Å². The van der Waals surface area contributed by atoms with Crippen molar-refractivity contribution in [2.75, 3.05) is 0 Å². The molecule has 6 nitrogen and oxygen atoms in total. The van der Waals surface area contributed by atoms with Gasteiger partial charge in [-0.2, -0.15) is 0 Å². The summed E-state index contributed by atoms with van der Waals surface area (Å²) in [6, 6.07) is 3.48. The number of hydrogen-bond acceptors (Lipinski definition) is 6. The van der Waals surface area contributed by atoms with Gasteiger partial charge in [-0.3, -0.25) is 9.59 Å². The van der Waals surface area contributed by atoms with Crippen LogP contribution in [0.5, 0.6) is 0 Å². The van der Waals surface area contributed by atoms with Crippen LogP contribution in [-0.2, 0) is 11.2 Å². The molecule has 1 aliphatic carbocycles. The smallest absolute Gasteiger partial charge is 0.185 e. The highest BCUT2D eigenvalue weighted by atomic mass is 16.1. The number of Topliss-reactive ketones (excluding diaryl/α,β-unsaturated/α-hetero) is 2. The van der Waals surface area contributed by atoms with Gasteiger partial charge in [0.2, 0.25) is 0 Å². The van der Waals surface area contributed by atoms with Crippen LogP contribution in [0.4, 0.5) is 0 Å². The molecule has 1 aliphatic rings. The Kier molecular flexibility index (Phi) is 5.41. The number of carbonyl (C=O) groups excluding carboxylic acids is 2. The van der Waals surface area contributed by atoms with Crippen molar-refractivity contribution in [1.82, 2.24) is 19.9 Å². The van der Waals surface area contributed by atoms with Crippen LogP contribution >= 0.6 is 0 Å². The quantitative estimate of drug-likeness (QED) is 0.623. The number of nitrogens with zero attached hydrogens (tertiary/aromatic N) is 4. The SMILES string of the molecule is CCc1ccnc(C=C2CCCC(=Cc3cc(C(C)=O)ncn3)C2=O)n1. The zero-order valence-corrected chi connectivity index (χ0v) is 14.9. The molecule has 0 saturated heterocycles. The van der Waals surface area contributed by atoms with Gasteiger partial charge >= 0.3 is 0 Å². The highest BCUT2D eigenvalue weighted by Gasteiger charge is 2.21. The summed E-state index contributed by atoms with van der Waals surface area (Å²) < 4.78 is 0. The Morgan fingerprint density at radius 3 is 2.65 bits per heavy atom. The van der Waals surface area contributed by atoms with Crippen LogP contribution in [0.25, 0.3) is 12.2 Å². The molecule has 0 bridgehead atoms. The highest BCUT2D eigenvalue weighted by Crippen LogP contribution is 2.27. The number of rotatable bonds is 4. The van der Waals surface area contributed by atoms with E-state index in [2.05, 4.69) is 19.9 Å². The molecule has 1 saturated carbocycles. The van der Waals surface area contributed by atoms with E-state index in [4.69, 9.17) is 0 Å². The summed E-state index contributed by atoms with van der Waals surface area (Å²) in [5, 5.41) is 0. The Labute approximate surface area is 152 Å². The van der Waals surface area contributed by atoms with E-state index < -0.39 is 0 Å². The van der Waals surface area contributed by atoms with E-state index in [-0.39, 0.29) is 11.6 Å². The van der Waals surface area contributed by atoms with Gasteiger partial charge in [-0.1, -0.05) is 6.92 Å². The molecule has 2 heterocycles. The number of aromatic nitrogens is 4. The molecular formula is C20H20N4O2. The van der Waals surface area contributed by atoms with Crippen molar-refractivity contribution in [2.24, 2.45) is 0 Å². The zero-order valence-electron chi connectivity index (χ0n) is 14.9. The second-order valence-corrected chi connectivity index (χ2v) is 6.17. The molecule has 1 fully saturated rings. The molecule has 2 aromatic heterocycles. The Balaban J connectivity index is 1.88. The lowest BCUT2D eigenvalue weighted by Gasteiger charge is -2.16. The van der Waals surface area contributed by atoms with Crippen LogP contribution < -0.4 is 0 Å². The maximum atomic E-state index is 12.8. The van der Waals surface area contributed by atoms with Crippen LogP contribution in [-0.4, -0.2) is 31.5 Å². The minimum atomic E-state index is -0.129. The average molecular weight is 348 g/mol. The van der Waals surface area contributed by atoms with Crippen LogP contribution in [0.2, 0.25) is 0 Å². The summed E-state index contributed by atoms with van der Waals surface area (Å²) in [7, 11) is 0. The lowest BCUT2D eigenvalue weighted by Crippen LogP contribution is -2.13. The standard InChI is InChI=1S/C20H20N4O2/c1-3-16-7-8-21-19(24-16)10-15-6-4-5-14(20(15)26)9-17-11-18(13(2)25)23-12-22-17/h7-12H,3-6H2,1-2H3. The number of hydrogen-bond donors (Lipinski definition) is 0. The van der Waals surface area contributed by atoms with E-state index in [1.165, 1.54) is 13.3 Å². The fourth-order valence-electron chi connectivity index (χ4n) is 2.84. The molecule has 0 amide bonds. The maximum Gasteiger partial charge on any atom is 0.185 e. The molecule has 6 heteroatoms. The van der Waals surface area contributed by atoms with Gasteiger partial charge in [-0.25, -0.2) is 19.9 Å². The molecule has 0 atom stereocenters. The summed E-state index contributed by atoms with van der Waals surface area (Å²) in [5.74, 6) is 0.426. The summed E-state index contributed by atoms with van der Waals surface area (Å²) in [6.07, 6.45) is 9.67. The molecule has 26 heavy (non-hydrogen) atoms. The number of carbonyl (C=O) groups is 2. The highest BCUT2D eigenvalue weighted by molar-refractivity contribution is 6.13. The lowest BCUT2D eigenvalue weighted by molar-refractivity contribution is -0.112. The first-order chi connectivity index (χ1) is 12.6.